The lowest BCUT2D eigenvalue weighted by molar-refractivity contribution is -0.703. The highest BCUT2D eigenvalue weighted by Crippen LogP contribution is 2.24. The summed E-state index contributed by atoms with van der Waals surface area (Å²) in [6.45, 7) is 2.52. The zero-order valence-electron chi connectivity index (χ0n) is 11.7. The first-order valence-corrected chi connectivity index (χ1v) is 6.58. The molecule has 0 aliphatic carbocycles. The Labute approximate surface area is 122 Å². The van der Waals surface area contributed by atoms with E-state index in [1.165, 1.54) is 12.3 Å². The SMILES string of the molecule is Cc1c(O)c(O)cc[n+]1CCCOC(=O)c1ccccn1. The maximum absolute atomic E-state index is 11.7. The van der Waals surface area contributed by atoms with Crippen LogP contribution in [0.25, 0.3) is 0 Å². The molecule has 0 saturated heterocycles. The van der Waals surface area contributed by atoms with Crippen molar-refractivity contribution in [2.75, 3.05) is 6.61 Å². The van der Waals surface area contributed by atoms with Crippen molar-refractivity contribution in [3.05, 3.63) is 48.0 Å². The molecule has 0 radical (unpaired) electrons. The lowest BCUT2D eigenvalue weighted by Gasteiger charge is -2.05. The highest BCUT2D eigenvalue weighted by molar-refractivity contribution is 5.87. The molecule has 0 aromatic carbocycles. The van der Waals surface area contributed by atoms with E-state index in [-0.39, 0.29) is 23.8 Å². The van der Waals surface area contributed by atoms with Crippen molar-refractivity contribution in [3.8, 4) is 11.5 Å². The molecular formula is C15H17N2O4+. The molecule has 0 amide bonds. The van der Waals surface area contributed by atoms with Crippen molar-refractivity contribution in [2.45, 2.75) is 19.9 Å². The molecule has 2 heterocycles. The molecule has 0 spiro atoms. The van der Waals surface area contributed by atoms with Gasteiger partial charge in [0.1, 0.15) is 5.69 Å². The third kappa shape index (κ3) is 3.68. The number of rotatable bonds is 5. The van der Waals surface area contributed by atoms with Gasteiger partial charge in [-0.15, -0.1) is 0 Å². The summed E-state index contributed by atoms with van der Waals surface area (Å²) in [4.78, 5) is 15.6. The number of pyridine rings is 2. The predicted molar refractivity (Wildman–Crippen MR) is 73.8 cm³/mol. The molecular weight excluding hydrogens is 272 g/mol. The van der Waals surface area contributed by atoms with Crippen LogP contribution in [0.5, 0.6) is 11.5 Å². The van der Waals surface area contributed by atoms with E-state index < -0.39 is 5.97 Å². The maximum atomic E-state index is 11.7. The molecule has 2 aromatic rings. The standard InChI is InChI=1S/C15H16N2O4/c1-11-14(19)13(18)6-9-17(11)8-4-10-21-15(20)12-5-2-3-7-16-12/h2-3,5-7,9,19H,4,8,10H2,1H3/p+1. The first kappa shape index (κ1) is 14.8. The Morgan fingerprint density at radius 3 is 2.86 bits per heavy atom. The Morgan fingerprint density at radius 1 is 1.33 bits per heavy atom. The fourth-order valence-corrected chi connectivity index (χ4v) is 1.87. The fraction of sp³-hybridized carbons (Fsp3) is 0.267. The first-order valence-electron chi connectivity index (χ1n) is 6.58. The topological polar surface area (TPSA) is 83.5 Å². The van der Waals surface area contributed by atoms with Gasteiger partial charge in [-0.05, 0) is 12.1 Å². The van der Waals surface area contributed by atoms with Gasteiger partial charge in [-0.25, -0.2) is 9.78 Å². The number of nitrogens with zero attached hydrogens (tertiary/aromatic N) is 2. The van der Waals surface area contributed by atoms with Crippen LogP contribution in [0.4, 0.5) is 0 Å². The number of aromatic hydroxyl groups is 2. The molecule has 0 atom stereocenters. The molecule has 110 valence electrons. The second kappa shape index (κ2) is 6.69. The Hall–Kier alpha value is -2.63. The fourth-order valence-electron chi connectivity index (χ4n) is 1.87. The van der Waals surface area contributed by atoms with Crippen LogP contribution in [0.3, 0.4) is 0 Å². The van der Waals surface area contributed by atoms with Gasteiger partial charge in [0.25, 0.3) is 0 Å². The lowest BCUT2D eigenvalue weighted by Crippen LogP contribution is -2.37. The first-order chi connectivity index (χ1) is 10.1. The average molecular weight is 289 g/mol. The minimum Gasteiger partial charge on any atom is -0.504 e. The maximum Gasteiger partial charge on any atom is 0.356 e. The zero-order valence-corrected chi connectivity index (χ0v) is 11.7. The molecule has 0 saturated carbocycles. The number of ether oxygens (including phenoxy) is 1. The number of esters is 1. The Kier molecular flexibility index (Phi) is 4.71. The van der Waals surface area contributed by atoms with Gasteiger partial charge in [0.2, 0.25) is 11.4 Å². The van der Waals surface area contributed by atoms with Crippen molar-refractivity contribution in [1.82, 2.24) is 4.98 Å². The van der Waals surface area contributed by atoms with Crippen LogP contribution in [0, 0.1) is 6.92 Å². The summed E-state index contributed by atoms with van der Waals surface area (Å²) in [5.41, 5.74) is 0.842. The lowest BCUT2D eigenvalue weighted by atomic mass is 10.3. The van der Waals surface area contributed by atoms with Crippen LogP contribution in [0.15, 0.2) is 36.7 Å². The molecule has 2 N–H and O–H groups in total. The number of aryl methyl sites for hydroxylation is 1. The van der Waals surface area contributed by atoms with E-state index in [4.69, 9.17) is 4.74 Å². The monoisotopic (exact) mass is 289 g/mol. The summed E-state index contributed by atoms with van der Waals surface area (Å²) < 4.78 is 6.90. The zero-order chi connectivity index (χ0) is 15.2. The molecule has 0 aliphatic heterocycles. The summed E-state index contributed by atoms with van der Waals surface area (Å²) in [7, 11) is 0. The van der Waals surface area contributed by atoms with Gasteiger partial charge in [0, 0.05) is 25.6 Å². The van der Waals surface area contributed by atoms with Crippen LogP contribution in [0.2, 0.25) is 0 Å². The molecule has 6 nitrogen and oxygen atoms in total. The van der Waals surface area contributed by atoms with Gasteiger partial charge in [-0.3, -0.25) is 0 Å². The van der Waals surface area contributed by atoms with Crippen molar-refractivity contribution in [1.29, 1.82) is 0 Å². The van der Waals surface area contributed by atoms with Crippen molar-refractivity contribution in [2.24, 2.45) is 0 Å². The summed E-state index contributed by atoms with van der Waals surface area (Å²) in [6, 6.07) is 6.47. The van der Waals surface area contributed by atoms with Crippen molar-refractivity contribution < 1.29 is 24.3 Å². The van der Waals surface area contributed by atoms with E-state index in [9.17, 15) is 15.0 Å². The second-order valence-corrected chi connectivity index (χ2v) is 4.53. The third-order valence-corrected chi connectivity index (χ3v) is 3.08. The van der Waals surface area contributed by atoms with Crippen LogP contribution < -0.4 is 4.57 Å². The van der Waals surface area contributed by atoms with E-state index >= 15 is 0 Å². The second-order valence-electron chi connectivity index (χ2n) is 4.53. The number of aromatic nitrogens is 2. The molecule has 2 rings (SSSR count). The van der Waals surface area contributed by atoms with Crippen molar-refractivity contribution >= 4 is 5.97 Å². The van der Waals surface area contributed by atoms with E-state index in [0.29, 0.717) is 18.7 Å². The summed E-state index contributed by atoms with van der Waals surface area (Å²) in [5, 5.41) is 19.0. The van der Waals surface area contributed by atoms with E-state index in [1.54, 1.807) is 35.9 Å². The number of carbonyl (C=O) groups is 1. The van der Waals surface area contributed by atoms with Gasteiger partial charge < -0.3 is 14.9 Å². The van der Waals surface area contributed by atoms with E-state index in [0.717, 1.165) is 0 Å². The van der Waals surface area contributed by atoms with Gasteiger partial charge >= 0.3 is 5.97 Å². The number of hydrogen-bond donors (Lipinski definition) is 2. The summed E-state index contributed by atoms with van der Waals surface area (Å²) >= 11 is 0. The van der Waals surface area contributed by atoms with Gasteiger partial charge in [0.15, 0.2) is 18.5 Å². The number of hydrogen-bond acceptors (Lipinski definition) is 5. The van der Waals surface area contributed by atoms with Crippen LogP contribution in [-0.2, 0) is 11.3 Å². The molecule has 0 fully saturated rings. The minimum atomic E-state index is -0.453. The molecule has 21 heavy (non-hydrogen) atoms. The molecule has 6 heteroatoms. The average Bonchev–Trinajstić information content (AvgIpc) is 2.51. The molecule has 0 unspecified atom stereocenters. The van der Waals surface area contributed by atoms with Gasteiger partial charge in [-0.1, -0.05) is 6.07 Å². The number of carbonyl (C=O) groups excluding carboxylic acids is 1. The van der Waals surface area contributed by atoms with Crippen LogP contribution in [-0.4, -0.2) is 27.8 Å². The summed E-state index contributed by atoms with van der Waals surface area (Å²) in [6.07, 6.45) is 3.80. The highest BCUT2D eigenvalue weighted by atomic mass is 16.5. The predicted octanol–water partition coefficient (Wildman–Crippen LogP) is 1.34. The summed E-state index contributed by atoms with van der Waals surface area (Å²) in [5.74, 6) is -0.737. The quantitative estimate of drug-likeness (QED) is 0.493. The van der Waals surface area contributed by atoms with E-state index in [1.807, 2.05) is 0 Å². The molecule has 0 aliphatic rings. The smallest absolute Gasteiger partial charge is 0.356 e. The molecule has 2 aromatic heterocycles. The Bertz CT molecular complexity index is 629. The van der Waals surface area contributed by atoms with Crippen LogP contribution >= 0.6 is 0 Å². The largest absolute Gasteiger partial charge is 0.504 e. The van der Waals surface area contributed by atoms with E-state index in [2.05, 4.69) is 4.98 Å². The minimum absolute atomic E-state index is 0.136. The highest BCUT2D eigenvalue weighted by Gasteiger charge is 2.15. The normalized spacial score (nSPS) is 10.3. The Balaban J connectivity index is 1.83. The third-order valence-electron chi connectivity index (χ3n) is 3.08. The Morgan fingerprint density at radius 2 is 2.14 bits per heavy atom. The van der Waals surface area contributed by atoms with Crippen LogP contribution in [0.1, 0.15) is 22.6 Å². The molecule has 0 bridgehead atoms. The van der Waals surface area contributed by atoms with Gasteiger partial charge in [-0.2, -0.15) is 4.57 Å². The van der Waals surface area contributed by atoms with Gasteiger partial charge in [0.05, 0.1) is 6.61 Å². The van der Waals surface area contributed by atoms with Crippen molar-refractivity contribution in [3.63, 3.8) is 0 Å².